The van der Waals surface area contributed by atoms with Crippen LogP contribution in [0.1, 0.15) is 35.6 Å². The lowest BCUT2D eigenvalue weighted by atomic mass is 10.1. The summed E-state index contributed by atoms with van der Waals surface area (Å²) in [7, 11) is -3.39. The van der Waals surface area contributed by atoms with Gasteiger partial charge in [-0.2, -0.15) is 4.31 Å². The van der Waals surface area contributed by atoms with Crippen LogP contribution in [0.3, 0.4) is 0 Å². The van der Waals surface area contributed by atoms with Crippen LogP contribution in [0.25, 0.3) is 0 Å². The van der Waals surface area contributed by atoms with Crippen molar-refractivity contribution < 1.29 is 12.8 Å². The lowest BCUT2D eigenvalue weighted by Crippen LogP contribution is -2.28. The normalized spacial score (nSPS) is 22.1. The molecule has 1 aliphatic heterocycles. The summed E-state index contributed by atoms with van der Waals surface area (Å²) in [5.41, 5.74) is 2.50. The number of hydrogen-bond acceptors (Lipinski definition) is 3. The van der Waals surface area contributed by atoms with Crippen molar-refractivity contribution in [1.29, 1.82) is 0 Å². The minimum atomic E-state index is -3.39. The summed E-state index contributed by atoms with van der Waals surface area (Å²) in [6.07, 6.45) is 5.65. The van der Waals surface area contributed by atoms with Gasteiger partial charge in [-0.1, -0.05) is 6.07 Å². The molecule has 116 valence electrons. The molecule has 0 bridgehead atoms. The van der Waals surface area contributed by atoms with Gasteiger partial charge in [-0.15, -0.1) is 0 Å². The first-order valence-corrected chi connectivity index (χ1v) is 9.24. The number of aryl methyl sites for hydroxylation is 2. The van der Waals surface area contributed by atoms with Gasteiger partial charge in [-0.25, -0.2) is 8.42 Å². The Labute approximate surface area is 130 Å². The lowest BCUT2D eigenvalue weighted by Gasteiger charge is -2.17. The quantitative estimate of drug-likeness (QED) is 0.874. The second kappa shape index (κ2) is 5.25. The highest BCUT2D eigenvalue weighted by Crippen LogP contribution is 2.32. The van der Waals surface area contributed by atoms with Crippen molar-refractivity contribution in [2.45, 2.75) is 36.5 Å². The summed E-state index contributed by atoms with van der Waals surface area (Å²) in [6.45, 7) is 1.07. The van der Waals surface area contributed by atoms with Gasteiger partial charge in [0.15, 0.2) is 0 Å². The third-order valence-electron chi connectivity index (χ3n) is 4.80. The maximum absolute atomic E-state index is 12.8. The fourth-order valence-electron chi connectivity index (χ4n) is 3.56. The van der Waals surface area contributed by atoms with Gasteiger partial charge >= 0.3 is 0 Å². The van der Waals surface area contributed by atoms with E-state index in [0.717, 1.165) is 31.4 Å². The Balaban J connectivity index is 1.59. The highest BCUT2D eigenvalue weighted by atomic mass is 32.2. The third kappa shape index (κ3) is 2.29. The monoisotopic (exact) mass is 317 g/mol. The molecule has 1 aromatic carbocycles. The van der Waals surface area contributed by atoms with E-state index in [2.05, 4.69) is 0 Å². The number of nitrogens with zero attached hydrogens (tertiary/aromatic N) is 1. The van der Waals surface area contributed by atoms with Gasteiger partial charge in [0.25, 0.3) is 0 Å². The Morgan fingerprint density at radius 3 is 2.82 bits per heavy atom. The minimum absolute atomic E-state index is 0.166. The average molecular weight is 317 g/mol. The van der Waals surface area contributed by atoms with E-state index >= 15 is 0 Å². The van der Waals surface area contributed by atoms with Gasteiger partial charge < -0.3 is 4.42 Å². The van der Waals surface area contributed by atoms with Crippen LogP contribution >= 0.6 is 0 Å². The highest BCUT2D eigenvalue weighted by Gasteiger charge is 2.34. The van der Waals surface area contributed by atoms with E-state index in [0.29, 0.717) is 18.0 Å². The topological polar surface area (TPSA) is 50.5 Å². The van der Waals surface area contributed by atoms with Crippen LogP contribution in [-0.2, 0) is 22.9 Å². The van der Waals surface area contributed by atoms with Gasteiger partial charge in [0.05, 0.1) is 11.2 Å². The molecule has 5 heteroatoms. The van der Waals surface area contributed by atoms with E-state index in [4.69, 9.17) is 4.42 Å². The fourth-order valence-corrected chi connectivity index (χ4v) is 5.11. The van der Waals surface area contributed by atoms with Crippen LogP contribution in [0.5, 0.6) is 0 Å². The van der Waals surface area contributed by atoms with Crippen molar-refractivity contribution in [3.8, 4) is 0 Å². The molecule has 1 aromatic heterocycles. The second-order valence-electron chi connectivity index (χ2n) is 6.15. The molecule has 2 heterocycles. The largest absolute Gasteiger partial charge is 0.469 e. The lowest BCUT2D eigenvalue weighted by molar-refractivity contribution is 0.445. The molecule has 0 radical (unpaired) electrons. The van der Waals surface area contributed by atoms with Crippen molar-refractivity contribution in [1.82, 2.24) is 4.31 Å². The van der Waals surface area contributed by atoms with Gasteiger partial charge in [-0.3, -0.25) is 0 Å². The predicted octanol–water partition coefficient (Wildman–Crippen LogP) is 2.95. The van der Waals surface area contributed by atoms with Gasteiger partial charge in [0, 0.05) is 19.0 Å². The van der Waals surface area contributed by atoms with E-state index in [1.165, 1.54) is 11.1 Å². The van der Waals surface area contributed by atoms with E-state index < -0.39 is 10.0 Å². The Kier molecular flexibility index (Phi) is 3.35. The summed E-state index contributed by atoms with van der Waals surface area (Å²) in [6, 6.07) is 9.40. The number of hydrogen-bond donors (Lipinski definition) is 0. The van der Waals surface area contributed by atoms with E-state index in [-0.39, 0.29) is 5.92 Å². The molecule has 2 aliphatic rings. The van der Waals surface area contributed by atoms with Gasteiger partial charge in [0.1, 0.15) is 5.76 Å². The van der Waals surface area contributed by atoms with Gasteiger partial charge in [-0.05, 0) is 61.1 Å². The second-order valence-corrected chi connectivity index (χ2v) is 8.09. The van der Waals surface area contributed by atoms with E-state index in [1.54, 1.807) is 16.6 Å². The van der Waals surface area contributed by atoms with E-state index in [1.807, 2.05) is 24.3 Å². The fraction of sp³-hybridized carbons (Fsp3) is 0.412. The van der Waals surface area contributed by atoms with Crippen molar-refractivity contribution >= 4 is 10.0 Å². The first-order valence-electron chi connectivity index (χ1n) is 7.80. The summed E-state index contributed by atoms with van der Waals surface area (Å²) in [5, 5.41) is 0. The highest BCUT2D eigenvalue weighted by molar-refractivity contribution is 7.89. The molecule has 2 aromatic rings. The molecule has 0 N–H and O–H groups in total. The summed E-state index contributed by atoms with van der Waals surface area (Å²) in [5.74, 6) is 1.05. The number of fused-ring (bicyclic) bond motifs is 1. The number of rotatable bonds is 3. The molecule has 0 amide bonds. The SMILES string of the molecule is O=S(=O)(c1ccc2c(c1)CCC2)N1CCC(c2ccco2)C1. The van der Waals surface area contributed by atoms with Gasteiger partial charge in [0.2, 0.25) is 10.0 Å². The molecule has 1 saturated heterocycles. The molecule has 1 aliphatic carbocycles. The minimum Gasteiger partial charge on any atom is -0.469 e. The summed E-state index contributed by atoms with van der Waals surface area (Å²) >= 11 is 0. The van der Waals surface area contributed by atoms with Crippen LogP contribution in [0.2, 0.25) is 0 Å². The zero-order valence-electron chi connectivity index (χ0n) is 12.4. The molecule has 4 nitrogen and oxygen atoms in total. The summed E-state index contributed by atoms with van der Waals surface area (Å²) in [4.78, 5) is 0.438. The molecule has 22 heavy (non-hydrogen) atoms. The van der Waals surface area contributed by atoms with Crippen molar-refractivity contribution in [3.05, 3.63) is 53.5 Å². The molecule has 0 saturated carbocycles. The number of sulfonamides is 1. The molecular formula is C17H19NO3S. The molecule has 1 unspecified atom stereocenters. The molecule has 0 spiro atoms. The molecule has 1 fully saturated rings. The van der Waals surface area contributed by atoms with Crippen LogP contribution in [0.15, 0.2) is 45.9 Å². The van der Waals surface area contributed by atoms with Crippen LogP contribution in [-0.4, -0.2) is 25.8 Å². The molecule has 1 atom stereocenters. The number of benzene rings is 1. The smallest absolute Gasteiger partial charge is 0.243 e. The predicted molar refractivity (Wildman–Crippen MR) is 83.3 cm³/mol. The van der Waals surface area contributed by atoms with Crippen LogP contribution in [0, 0.1) is 0 Å². The Hall–Kier alpha value is -1.59. The third-order valence-corrected chi connectivity index (χ3v) is 6.67. The van der Waals surface area contributed by atoms with Crippen LogP contribution in [0.4, 0.5) is 0 Å². The molecule has 4 rings (SSSR count). The van der Waals surface area contributed by atoms with Crippen LogP contribution < -0.4 is 0 Å². The Morgan fingerprint density at radius 1 is 1.14 bits per heavy atom. The molecular weight excluding hydrogens is 298 g/mol. The first-order chi connectivity index (χ1) is 10.6. The van der Waals surface area contributed by atoms with Crippen molar-refractivity contribution in [2.24, 2.45) is 0 Å². The zero-order chi connectivity index (χ0) is 15.2. The van der Waals surface area contributed by atoms with Crippen molar-refractivity contribution in [3.63, 3.8) is 0 Å². The zero-order valence-corrected chi connectivity index (χ0v) is 13.2. The number of furan rings is 1. The maximum atomic E-state index is 12.8. The first kappa shape index (κ1) is 14.0. The average Bonchev–Trinajstić information content (AvgIpc) is 3.25. The maximum Gasteiger partial charge on any atom is 0.243 e. The van der Waals surface area contributed by atoms with E-state index in [9.17, 15) is 8.42 Å². The summed E-state index contributed by atoms with van der Waals surface area (Å²) < 4.78 is 32.7. The van der Waals surface area contributed by atoms with Crippen molar-refractivity contribution in [2.75, 3.05) is 13.1 Å². The standard InChI is InChI=1S/C17H19NO3S/c19-22(20,16-7-6-13-3-1-4-14(13)11-16)18-9-8-15(12-18)17-5-2-10-21-17/h2,5-7,10-11,15H,1,3-4,8-9,12H2. The Bertz CT molecular complexity index is 780. The Morgan fingerprint density at radius 2 is 2.00 bits per heavy atom.